The molecule has 25 heavy (non-hydrogen) atoms. The Morgan fingerprint density at radius 3 is 2.84 bits per heavy atom. The highest BCUT2D eigenvalue weighted by Gasteiger charge is 2.21. The predicted octanol–water partition coefficient (Wildman–Crippen LogP) is 1.26. The number of carbonyl (C=O) groups is 1. The molecule has 1 saturated heterocycles. The molecule has 1 atom stereocenters. The average molecular weight is 350 g/mol. The van der Waals surface area contributed by atoms with Crippen LogP contribution in [0.25, 0.3) is 0 Å². The van der Waals surface area contributed by atoms with Crippen LogP contribution in [-0.4, -0.2) is 71.2 Å². The van der Waals surface area contributed by atoms with Gasteiger partial charge in [-0.1, -0.05) is 13.0 Å². The van der Waals surface area contributed by atoms with E-state index in [2.05, 4.69) is 26.7 Å². The third-order valence-corrected chi connectivity index (χ3v) is 4.32. The summed E-state index contributed by atoms with van der Waals surface area (Å²) >= 11 is 0. The number of β-amino-alcohol motifs (C(OH)–C–C–N with tert-alkyl or cyclic N) is 1. The maximum atomic E-state index is 11.8. The normalized spacial score (nSPS) is 17.4. The number of oxazole rings is 1. The van der Waals surface area contributed by atoms with Gasteiger partial charge in [0, 0.05) is 39.3 Å². The number of hydrogen-bond acceptors (Lipinski definition) is 6. The van der Waals surface area contributed by atoms with Gasteiger partial charge in [-0.15, -0.1) is 6.58 Å². The minimum Gasteiger partial charge on any atom is -0.447 e. The van der Waals surface area contributed by atoms with E-state index in [1.165, 1.54) is 6.26 Å². The molecule has 0 aromatic carbocycles. The van der Waals surface area contributed by atoms with Gasteiger partial charge in [0.1, 0.15) is 6.26 Å². The number of piperazine rings is 1. The minimum absolute atomic E-state index is 0.185. The van der Waals surface area contributed by atoms with Crippen LogP contribution >= 0.6 is 0 Å². The van der Waals surface area contributed by atoms with Crippen LogP contribution in [0, 0.1) is 0 Å². The Labute approximate surface area is 149 Å². The lowest BCUT2D eigenvalue weighted by atomic mass is 10.1. The van der Waals surface area contributed by atoms with Crippen molar-refractivity contribution in [3.05, 3.63) is 30.5 Å². The molecule has 0 saturated carbocycles. The van der Waals surface area contributed by atoms with E-state index in [1.54, 1.807) is 0 Å². The van der Waals surface area contributed by atoms with Crippen molar-refractivity contribution in [1.29, 1.82) is 0 Å². The molecule has 2 heterocycles. The summed E-state index contributed by atoms with van der Waals surface area (Å²) in [6, 6.07) is 0. The van der Waals surface area contributed by atoms with E-state index < -0.39 is 0 Å². The van der Waals surface area contributed by atoms with E-state index >= 15 is 0 Å². The largest absolute Gasteiger partial charge is 0.447 e. The van der Waals surface area contributed by atoms with Crippen molar-refractivity contribution in [2.45, 2.75) is 38.8 Å². The molecule has 0 bridgehead atoms. The molecule has 7 nitrogen and oxygen atoms in total. The van der Waals surface area contributed by atoms with Crippen LogP contribution in [0.4, 0.5) is 0 Å². The fourth-order valence-electron chi connectivity index (χ4n) is 2.84. The van der Waals surface area contributed by atoms with E-state index in [9.17, 15) is 9.90 Å². The van der Waals surface area contributed by atoms with Gasteiger partial charge in [0.05, 0.1) is 12.6 Å². The van der Waals surface area contributed by atoms with Gasteiger partial charge in [0.15, 0.2) is 5.69 Å². The smallest absolute Gasteiger partial charge is 0.273 e. The third kappa shape index (κ3) is 6.61. The molecule has 140 valence electrons. The first-order valence-corrected chi connectivity index (χ1v) is 9.08. The molecule has 1 amide bonds. The Morgan fingerprint density at radius 2 is 2.16 bits per heavy atom. The number of carbonyl (C=O) groups excluding carboxylic acids is 1. The van der Waals surface area contributed by atoms with Crippen molar-refractivity contribution in [2.24, 2.45) is 0 Å². The van der Waals surface area contributed by atoms with E-state index in [1.807, 2.05) is 13.0 Å². The van der Waals surface area contributed by atoms with Crippen LogP contribution < -0.4 is 5.32 Å². The van der Waals surface area contributed by atoms with Crippen molar-refractivity contribution in [3.8, 4) is 0 Å². The highest BCUT2D eigenvalue weighted by molar-refractivity contribution is 5.91. The number of hydrogen-bond donors (Lipinski definition) is 2. The molecular weight excluding hydrogens is 320 g/mol. The van der Waals surface area contributed by atoms with Gasteiger partial charge >= 0.3 is 0 Å². The molecule has 7 heteroatoms. The van der Waals surface area contributed by atoms with Crippen molar-refractivity contribution < 1.29 is 14.3 Å². The number of allylic oxidation sites excluding steroid dienone is 1. The zero-order valence-corrected chi connectivity index (χ0v) is 15.1. The molecule has 0 aliphatic carbocycles. The highest BCUT2D eigenvalue weighted by Crippen LogP contribution is 2.10. The molecule has 1 aromatic heterocycles. The van der Waals surface area contributed by atoms with Crippen LogP contribution in [0.2, 0.25) is 0 Å². The molecule has 1 aliphatic heterocycles. The zero-order valence-electron chi connectivity index (χ0n) is 15.1. The molecular formula is C18H30N4O3. The second-order valence-electron chi connectivity index (χ2n) is 6.48. The molecule has 1 aliphatic rings. The lowest BCUT2D eigenvalue weighted by Crippen LogP contribution is -2.48. The van der Waals surface area contributed by atoms with Gasteiger partial charge in [0.25, 0.3) is 5.91 Å². The Bertz CT molecular complexity index is 538. The number of nitrogens with zero attached hydrogens (tertiary/aromatic N) is 3. The summed E-state index contributed by atoms with van der Waals surface area (Å²) in [5.74, 6) is 0.385. The first-order valence-electron chi connectivity index (χ1n) is 9.08. The van der Waals surface area contributed by atoms with E-state index in [0.29, 0.717) is 31.2 Å². The topological polar surface area (TPSA) is 81.8 Å². The van der Waals surface area contributed by atoms with Gasteiger partial charge < -0.3 is 14.8 Å². The summed E-state index contributed by atoms with van der Waals surface area (Å²) in [6.45, 7) is 11.3. The molecule has 1 fully saturated rings. The molecule has 1 aromatic rings. The van der Waals surface area contributed by atoms with E-state index in [-0.39, 0.29) is 12.0 Å². The predicted molar refractivity (Wildman–Crippen MR) is 96.3 cm³/mol. The first kappa shape index (κ1) is 19.6. The lowest BCUT2D eigenvalue weighted by molar-refractivity contribution is 0.0642. The van der Waals surface area contributed by atoms with Crippen molar-refractivity contribution in [2.75, 3.05) is 39.3 Å². The Morgan fingerprint density at radius 1 is 1.44 bits per heavy atom. The number of aliphatic hydroxyl groups is 1. The first-order chi connectivity index (χ1) is 12.1. The Balaban J connectivity index is 1.72. The number of rotatable bonds is 10. The van der Waals surface area contributed by atoms with Gasteiger partial charge in [-0.3, -0.25) is 14.6 Å². The molecule has 0 radical (unpaired) electrons. The Kier molecular flexibility index (Phi) is 8.11. The second-order valence-corrected chi connectivity index (χ2v) is 6.48. The fraction of sp³-hybridized carbons (Fsp3) is 0.667. The van der Waals surface area contributed by atoms with Crippen LogP contribution in [0.1, 0.15) is 42.6 Å². The standard InChI is InChI=1S/C18H30N4O3/c1-3-5-6-15(23)12-21-8-10-22(11-9-21)13-17-20-16(14-25-17)18(24)19-7-4-2/h3,14-15,23H,1,4-13H2,2H3,(H,19,24)/t15-/m1/s1. The van der Waals surface area contributed by atoms with Gasteiger partial charge in [-0.2, -0.15) is 0 Å². The van der Waals surface area contributed by atoms with Gasteiger partial charge in [-0.05, 0) is 19.3 Å². The summed E-state index contributed by atoms with van der Waals surface area (Å²) in [6.07, 6.45) is 5.48. The quantitative estimate of drug-likeness (QED) is 0.618. The number of aliphatic hydroxyl groups excluding tert-OH is 1. The van der Waals surface area contributed by atoms with Crippen LogP contribution in [-0.2, 0) is 6.54 Å². The van der Waals surface area contributed by atoms with Crippen LogP contribution in [0.5, 0.6) is 0 Å². The maximum Gasteiger partial charge on any atom is 0.273 e. The summed E-state index contributed by atoms with van der Waals surface area (Å²) in [4.78, 5) is 20.7. The van der Waals surface area contributed by atoms with E-state index in [4.69, 9.17) is 4.42 Å². The van der Waals surface area contributed by atoms with Crippen LogP contribution in [0.15, 0.2) is 23.3 Å². The molecule has 2 N–H and O–H groups in total. The maximum absolute atomic E-state index is 11.8. The number of aromatic nitrogens is 1. The minimum atomic E-state index is -0.291. The number of amides is 1. The molecule has 2 rings (SSSR count). The van der Waals surface area contributed by atoms with Crippen molar-refractivity contribution in [3.63, 3.8) is 0 Å². The summed E-state index contributed by atoms with van der Waals surface area (Å²) in [5, 5.41) is 12.8. The highest BCUT2D eigenvalue weighted by atomic mass is 16.3. The second kappa shape index (κ2) is 10.3. The third-order valence-electron chi connectivity index (χ3n) is 4.32. The molecule has 0 spiro atoms. The average Bonchev–Trinajstić information content (AvgIpc) is 3.08. The lowest BCUT2D eigenvalue weighted by Gasteiger charge is -2.34. The number of nitrogens with one attached hydrogen (secondary N) is 1. The zero-order chi connectivity index (χ0) is 18.1. The van der Waals surface area contributed by atoms with Crippen molar-refractivity contribution >= 4 is 5.91 Å². The SMILES string of the molecule is C=CCC[C@@H](O)CN1CCN(Cc2nc(C(=O)NCCC)co2)CC1. The van der Waals surface area contributed by atoms with Gasteiger partial charge in [0.2, 0.25) is 5.89 Å². The summed E-state index contributed by atoms with van der Waals surface area (Å²) in [5.41, 5.74) is 0.340. The molecule has 0 unspecified atom stereocenters. The van der Waals surface area contributed by atoms with Crippen LogP contribution in [0.3, 0.4) is 0 Å². The van der Waals surface area contributed by atoms with E-state index in [0.717, 1.165) is 45.4 Å². The van der Waals surface area contributed by atoms with Crippen molar-refractivity contribution in [1.82, 2.24) is 20.1 Å². The monoisotopic (exact) mass is 350 g/mol. The Hall–Kier alpha value is -1.70. The van der Waals surface area contributed by atoms with Gasteiger partial charge in [-0.25, -0.2) is 4.98 Å². The summed E-state index contributed by atoms with van der Waals surface area (Å²) in [7, 11) is 0. The summed E-state index contributed by atoms with van der Waals surface area (Å²) < 4.78 is 5.43. The fourth-order valence-corrected chi connectivity index (χ4v) is 2.84.